The molecule has 0 saturated heterocycles. The molecule has 0 fully saturated rings. The molecule has 0 aliphatic heterocycles. The van der Waals surface area contributed by atoms with E-state index < -0.39 is 0 Å². The number of rotatable bonds is 0. The molecular formula is C13H19NO2. The van der Waals surface area contributed by atoms with Gasteiger partial charge in [-0.1, -0.05) is 5.16 Å². The lowest BCUT2D eigenvalue weighted by Gasteiger charge is -1.83. The minimum absolute atomic E-state index is 0.919. The molecule has 0 saturated carbocycles. The summed E-state index contributed by atoms with van der Waals surface area (Å²) in [5.74, 6) is 1.95. The molecule has 0 unspecified atom stereocenters. The van der Waals surface area contributed by atoms with Crippen LogP contribution in [0.1, 0.15) is 33.9 Å². The SMILES string of the molecule is Cc1coc(C)c1C.Cc1noc(C)c1C. The molecular weight excluding hydrogens is 202 g/mol. The van der Waals surface area contributed by atoms with Crippen molar-refractivity contribution in [2.45, 2.75) is 41.5 Å². The van der Waals surface area contributed by atoms with Crippen molar-refractivity contribution in [1.29, 1.82) is 0 Å². The van der Waals surface area contributed by atoms with Gasteiger partial charge in [-0.25, -0.2) is 0 Å². The lowest BCUT2D eigenvalue weighted by molar-refractivity contribution is 0.392. The first-order chi connectivity index (χ1) is 7.43. The molecule has 0 spiro atoms. The Morgan fingerprint density at radius 3 is 1.62 bits per heavy atom. The minimum Gasteiger partial charge on any atom is -0.469 e. The molecule has 2 aromatic rings. The molecule has 0 N–H and O–H groups in total. The summed E-state index contributed by atoms with van der Waals surface area (Å²) < 4.78 is 9.94. The van der Waals surface area contributed by atoms with Crippen LogP contribution >= 0.6 is 0 Å². The molecule has 0 radical (unpaired) electrons. The van der Waals surface area contributed by atoms with Gasteiger partial charge in [-0.2, -0.15) is 0 Å². The van der Waals surface area contributed by atoms with Crippen LogP contribution in [0.15, 0.2) is 15.2 Å². The predicted octanol–water partition coefficient (Wildman–Crippen LogP) is 3.80. The van der Waals surface area contributed by atoms with Crippen LogP contribution in [0.25, 0.3) is 0 Å². The number of nitrogens with zero attached hydrogens (tertiary/aromatic N) is 1. The van der Waals surface area contributed by atoms with Gasteiger partial charge in [0.2, 0.25) is 0 Å². The third-order valence-corrected chi connectivity index (χ3v) is 2.92. The highest BCUT2D eigenvalue weighted by atomic mass is 16.5. The summed E-state index contributed by atoms with van der Waals surface area (Å²) in [6, 6.07) is 0. The van der Waals surface area contributed by atoms with Crippen LogP contribution in [0.3, 0.4) is 0 Å². The van der Waals surface area contributed by atoms with E-state index in [1.165, 1.54) is 11.1 Å². The third-order valence-electron chi connectivity index (χ3n) is 2.92. The molecule has 88 valence electrons. The number of aryl methyl sites for hydroxylation is 4. The Morgan fingerprint density at radius 1 is 0.875 bits per heavy atom. The fraction of sp³-hybridized carbons (Fsp3) is 0.462. The fourth-order valence-corrected chi connectivity index (χ4v) is 1.16. The maximum absolute atomic E-state index is 5.09. The van der Waals surface area contributed by atoms with Crippen molar-refractivity contribution in [3.8, 4) is 0 Å². The molecule has 16 heavy (non-hydrogen) atoms. The first-order valence-electron chi connectivity index (χ1n) is 5.34. The molecule has 2 heterocycles. The van der Waals surface area contributed by atoms with Crippen molar-refractivity contribution in [3.63, 3.8) is 0 Å². The van der Waals surface area contributed by atoms with Crippen LogP contribution in [0.4, 0.5) is 0 Å². The van der Waals surface area contributed by atoms with Crippen molar-refractivity contribution in [2.24, 2.45) is 0 Å². The fourth-order valence-electron chi connectivity index (χ4n) is 1.16. The third kappa shape index (κ3) is 2.75. The second kappa shape index (κ2) is 5.01. The van der Waals surface area contributed by atoms with Crippen LogP contribution in [0.5, 0.6) is 0 Å². The lowest BCUT2D eigenvalue weighted by atomic mass is 10.2. The van der Waals surface area contributed by atoms with Crippen LogP contribution < -0.4 is 0 Å². The highest BCUT2D eigenvalue weighted by Gasteiger charge is 2.00. The maximum Gasteiger partial charge on any atom is 0.136 e. The van der Waals surface area contributed by atoms with E-state index in [0.717, 1.165) is 22.8 Å². The average molecular weight is 221 g/mol. The first-order valence-corrected chi connectivity index (χ1v) is 5.34. The zero-order valence-corrected chi connectivity index (χ0v) is 10.8. The van der Waals surface area contributed by atoms with Crippen molar-refractivity contribution in [3.05, 3.63) is 40.2 Å². The monoisotopic (exact) mass is 221 g/mol. The number of aromatic nitrogens is 1. The zero-order valence-electron chi connectivity index (χ0n) is 10.8. The van der Waals surface area contributed by atoms with Gasteiger partial charge in [-0.3, -0.25) is 0 Å². The summed E-state index contributed by atoms with van der Waals surface area (Å²) in [6.45, 7) is 11.9. The van der Waals surface area contributed by atoms with E-state index >= 15 is 0 Å². The average Bonchev–Trinajstić information content (AvgIpc) is 2.70. The van der Waals surface area contributed by atoms with Crippen LogP contribution in [-0.2, 0) is 0 Å². The highest BCUT2D eigenvalue weighted by molar-refractivity contribution is 5.23. The molecule has 3 nitrogen and oxygen atoms in total. The van der Waals surface area contributed by atoms with Gasteiger partial charge in [0.05, 0.1) is 12.0 Å². The number of hydrogen-bond acceptors (Lipinski definition) is 3. The molecule has 0 aliphatic carbocycles. The van der Waals surface area contributed by atoms with E-state index in [-0.39, 0.29) is 0 Å². The topological polar surface area (TPSA) is 39.2 Å². The second-order valence-corrected chi connectivity index (χ2v) is 4.05. The highest BCUT2D eigenvalue weighted by Crippen LogP contribution is 2.12. The van der Waals surface area contributed by atoms with Crippen molar-refractivity contribution in [1.82, 2.24) is 5.16 Å². The number of hydrogen-bond donors (Lipinski definition) is 0. The van der Waals surface area contributed by atoms with Crippen molar-refractivity contribution < 1.29 is 8.94 Å². The molecule has 2 aromatic heterocycles. The smallest absolute Gasteiger partial charge is 0.136 e. The Hall–Kier alpha value is -1.51. The van der Waals surface area contributed by atoms with Crippen LogP contribution in [-0.4, -0.2) is 5.16 Å². The van der Waals surface area contributed by atoms with Gasteiger partial charge in [-0.05, 0) is 52.7 Å². The Labute approximate surface area is 96.4 Å². The molecule has 3 heteroatoms. The van der Waals surface area contributed by atoms with Gasteiger partial charge in [-0.15, -0.1) is 0 Å². The zero-order chi connectivity index (χ0) is 12.3. The summed E-state index contributed by atoms with van der Waals surface area (Å²) in [5, 5.41) is 3.74. The van der Waals surface area contributed by atoms with E-state index in [4.69, 9.17) is 8.94 Å². The van der Waals surface area contributed by atoms with Gasteiger partial charge in [0.25, 0.3) is 0 Å². The van der Waals surface area contributed by atoms with Crippen molar-refractivity contribution >= 4 is 0 Å². The van der Waals surface area contributed by atoms with E-state index in [1.54, 1.807) is 6.26 Å². The van der Waals surface area contributed by atoms with E-state index in [1.807, 2.05) is 34.6 Å². The van der Waals surface area contributed by atoms with Gasteiger partial charge in [0.1, 0.15) is 11.5 Å². The Kier molecular flexibility index (Phi) is 3.93. The summed E-state index contributed by atoms with van der Waals surface area (Å²) in [5.41, 5.74) is 4.65. The largest absolute Gasteiger partial charge is 0.469 e. The number of furan rings is 1. The summed E-state index contributed by atoms with van der Waals surface area (Å²) in [6.07, 6.45) is 1.78. The summed E-state index contributed by atoms with van der Waals surface area (Å²) in [7, 11) is 0. The summed E-state index contributed by atoms with van der Waals surface area (Å²) >= 11 is 0. The van der Waals surface area contributed by atoms with Gasteiger partial charge >= 0.3 is 0 Å². The molecule has 2 rings (SSSR count). The first kappa shape index (κ1) is 12.6. The van der Waals surface area contributed by atoms with Gasteiger partial charge < -0.3 is 8.94 Å². The molecule has 0 atom stereocenters. The Balaban J connectivity index is 0.000000160. The Bertz CT molecular complexity index is 383. The normalized spacial score (nSPS) is 9.88. The second-order valence-electron chi connectivity index (χ2n) is 4.05. The molecule has 0 aromatic carbocycles. The van der Waals surface area contributed by atoms with Gasteiger partial charge in [0.15, 0.2) is 0 Å². The van der Waals surface area contributed by atoms with Crippen LogP contribution in [0.2, 0.25) is 0 Å². The lowest BCUT2D eigenvalue weighted by Crippen LogP contribution is -1.73. The molecule has 0 amide bonds. The van der Waals surface area contributed by atoms with E-state index in [0.29, 0.717) is 0 Å². The van der Waals surface area contributed by atoms with Crippen molar-refractivity contribution in [2.75, 3.05) is 0 Å². The molecule has 0 bridgehead atoms. The Morgan fingerprint density at radius 2 is 1.50 bits per heavy atom. The molecule has 0 aliphatic rings. The predicted molar refractivity (Wildman–Crippen MR) is 63.6 cm³/mol. The summed E-state index contributed by atoms with van der Waals surface area (Å²) in [4.78, 5) is 0. The van der Waals surface area contributed by atoms with E-state index in [2.05, 4.69) is 12.1 Å². The maximum atomic E-state index is 5.09. The van der Waals surface area contributed by atoms with Crippen LogP contribution in [0, 0.1) is 41.5 Å². The van der Waals surface area contributed by atoms with E-state index in [9.17, 15) is 0 Å². The standard InChI is InChI=1S/C7H10O.C6H9NO/c1-5-4-8-7(3)6(5)2;1-4-5(2)7-8-6(4)3/h4H,1-3H3;1-3H3. The quantitative estimate of drug-likeness (QED) is 0.679. The van der Waals surface area contributed by atoms with Gasteiger partial charge in [0, 0.05) is 5.56 Å². The minimum atomic E-state index is 0.919.